The second-order valence-corrected chi connectivity index (χ2v) is 10.9. The van der Waals surface area contributed by atoms with E-state index in [1.807, 2.05) is 19.1 Å². The molecule has 4 aromatic carbocycles. The molecule has 1 N–H and O–H groups in total. The first kappa shape index (κ1) is 26.9. The van der Waals surface area contributed by atoms with Gasteiger partial charge in [0.25, 0.3) is 0 Å². The summed E-state index contributed by atoms with van der Waals surface area (Å²) in [5.41, 5.74) is 2.64. The first-order chi connectivity index (χ1) is 18.3. The molecule has 0 radical (unpaired) electrons. The van der Waals surface area contributed by atoms with Crippen molar-refractivity contribution in [3.05, 3.63) is 150 Å². The lowest BCUT2D eigenvalue weighted by atomic mass is 9.81. The summed E-state index contributed by atoms with van der Waals surface area (Å²) in [6.45, 7) is 5.88. The van der Waals surface area contributed by atoms with Gasteiger partial charge in [0, 0.05) is 17.0 Å². The Labute approximate surface area is 223 Å². The summed E-state index contributed by atoms with van der Waals surface area (Å²) < 4.78 is 29.8. The molecule has 0 aromatic heterocycles. The molecule has 0 aliphatic rings. The van der Waals surface area contributed by atoms with E-state index >= 15 is 0 Å². The fourth-order valence-corrected chi connectivity index (χ4v) is 5.59. The monoisotopic (exact) mass is 523 g/mol. The molecule has 0 spiro atoms. The number of hydrogen-bond donors (Lipinski definition) is 1. The lowest BCUT2D eigenvalue weighted by Crippen LogP contribution is -2.37. The van der Waals surface area contributed by atoms with Crippen LogP contribution >= 0.6 is 0 Å². The Bertz CT molecular complexity index is 1520. The zero-order valence-corrected chi connectivity index (χ0v) is 21.9. The van der Waals surface area contributed by atoms with Gasteiger partial charge in [-0.25, -0.2) is 13.1 Å². The van der Waals surface area contributed by atoms with Gasteiger partial charge in [0.15, 0.2) is 11.6 Å². The number of nitrogens with one attached hydrogen (secondary N) is 1. The van der Waals surface area contributed by atoms with E-state index in [2.05, 4.69) is 11.3 Å². The molecule has 192 valence electrons. The minimum atomic E-state index is -4.01. The third kappa shape index (κ3) is 6.40. The normalized spacial score (nSPS) is 12.9. The van der Waals surface area contributed by atoms with Crippen LogP contribution in [-0.2, 0) is 10.0 Å². The Hall–Kier alpha value is -4.13. The van der Waals surface area contributed by atoms with Gasteiger partial charge in [-0.05, 0) is 36.6 Å². The van der Waals surface area contributed by atoms with Crippen molar-refractivity contribution in [3.63, 3.8) is 0 Å². The number of sulfonamides is 1. The number of Topliss-reactive ketones (excluding diaryl/α,β-unsaturated/α-hetero) is 2. The van der Waals surface area contributed by atoms with E-state index in [-0.39, 0.29) is 28.5 Å². The van der Waals surface area contributed by atoms with E-state index in [0.717, 1.165) is 5.56 Å². The lowest BCUT2D eigenvalue weighted by Gasteiger charge is -2.28. The van der Waals surface area contributed by atoms with E-state index in [9.17, 15) is 18.0 Å². The van der Waals surface area contributed by atoms with Crippen LogP contribution in [0.25, 0.3) is 0 Å². The SMILES string of the molecule is C=C(C[C@@H](C(=O)c1ccccc1)[C@H](NS(=O)(=O)c1ccc(C)cc1)c1ccccc1)C(=O)c1ccccc1. The van der Waals surface area contributed by atoms with Crippen molar-refractivity contribution in [1.82, 2.24) is 4.72 Å². The Balaban J connectivity index is 1.77. The van der Waals surface area contributed by atoms with Crippen LogP contribution in [0.15, 0.2) is 132 Å². The smallest absolute Gasteiger partial charge is 0.241 e. The Morgan fingerprint density at radius 1 is 0.737 bits per heavy atom. The second-order valence-electron chi connectivity index (χ2n) is 9.16. The minimum Gasteiger partial charge on any atom is -0.294 e. The Kier molecular flexibility index (Phi) is 8.46. The zero-order valence-electron chi connectivity index (χ0n) is 21.1. The van der Waals surface area contributed by atoms with Gasteiger partial charge in [0.2, 0.25) is 10.0 Å². The third-order valence-electron chi connectivity index (χ3n) is 6.39. The van der Waals surface area contributed by atoms with Crippen molar-refractivity contribution in [1.29, 1.82) is 0 Å². The van der Waals surface area contributed by atoms with Gasteiger partial charge in [-0.3, -0.25) is 9.59 Å². The highest BCUT2D eigenvalue weighted by Gasteiger charge is 2.35. The first-order valence-electron chi connectivity index (χ1n) is 12.3. The molecule has 0 aliphatic carbocycles. The fourth-order valence-electron chi connectivity index (χ4n) is 4.33. The third-order valence-corrected chi connectivity index (χ3v) is 7.85. The maximum absolute atomic E-state index is 13.9. The molecular formula is C32H29NO4S. The van der Waals surface area contributed by atoms with Crippen LogP contribution in [0.2, 0.25) is 0 Å². The zero-order chi connectivity index (χ0) is 27.1. The predicted molar refractivity (Wildman–Crippen MR) is 149 cm³/mol. The van der Waals surface area contributed by atoms with E-state index < -0.39 is 22.0 Å². The van der Waals surface area contributed by atoms with Gasteiger partial charge in [-0.15, -0.1) is 0 Å². The molecule has 0 saturated carbocycles. The van der Waals surface area contributed by atoms with Gasteiger partial charge < -0.3 is 0 Å². The highest BCUT2D eigenvalue weighted by Crippen LogP contribution is 2.33. The molecule has 6 heteroatoms. The van der Waals surface area contributed by atoms with Crippen molar-refractivity contribution in [2.24, 2.45) is 5.92 Å². The molecule has 0 bridgehead atoms. The van der Waals surface area contributed by atoms with E-state index in [1.165, 1.54) is 12.1 Å². The maximum Gasteiger partial charge on any atom is 0.241 e. The molecule has 0 saturated heterocycles. The molecule has 0 unspecified atom stereocenters. The van der Waals surface area contributed by atoms with Crippen molar-refractivity contribution in [2.75, 3.05) is 0 Å². The van der Waals surface area contributed by atoms with Crippen LogP contribution in [-0.4, -0.2) is 20.0 Å². The van der Waals surface area contributed by atoms with Crippen molar-refractivity contribution >= 4 is 21.6 Å². The van der Waals surface area contributed by atoms with Crippen LogP contribution in [0.4, 0.5) is 0 Å². The number of benzene rings is 4. The van der Waals surface area contributed by atoms with Gasteiger partial charge >= 0.3 is 0 Å². The van der Waals surface area contributed by atoms with Crippen molar-refractivity contribution in [3.8, 4) is 0 Å². The van der Waals surface area contributed by atoms with Crippen molar-refractivity contribution < 1.29 is 18.0 Å². The summed E-state index contributed by atoms with van der Waals surface area (Å²) in [6.07, 6.45) is -0.0303. The van der Waals surface area contributed by atoms with Gasteiger partial charge in [-0.1, -0.05) is 115 Å². The van der Waals surface area contributed by atoms with Gasteiger partial charge in [-0.2, -0.15) is 0 Å². The highest BCUT2D eigenvalue weighted by atomic mass is 32.2. The molecule has 4 aromatic rings. The average molecular weight is 524 g/mol. The summed E-state index contributed by atoms with van der Waals surface area (Å²) in [5, 5.41) is 0. The number of hydrogen-bond acceptors (Lipinski definition) is 4. The topological polar surface area (TPSA) is 80.3 Å². The van der Waals surface area contributed by atoms with E-state index in [0.29, 0.717) is 16.7 Å². The number of aryl methyl sites for hydroxylation is 1. The molecule has 5 nitrogen and oxygen atoms in total. The Morgan fingerprint density at radius 2 is 1.24 bits per heavy atom. The summed E-state index contributed by atoms with van der Waals surface area (Å²) in [4.78, 5) is 27.2. The van der Waals surface area contributed by atoms with E-state index in [1.54, 1.807) is 91.0 Å². The fraction of sp³-hybridized carbons (Fsp3) is 0.125. The summed E-state index contributed by atoms with van der Waals surface area (Å²) in [6, 6.07) is 31.9. The first-order valence-corrected chi connectivity index (χ1v) is 13.8. The molecule has 0 heterocycles. The lowest BCUT2D eigenvalue weighted by molar-refractivity contribution is 0.0891. The standard InChI is InChI=1S/C32H29NO4S/c1-23-18-20-28(21-19-23)38(36,37)33-30(25-12-6-3-7-13-25)29(32(35)27-16-10-5-11-17-27)22-24(2)31(34)26-14-8-4-9-15-26/h3-21,29-30,33H,2,22H2,1H3/t29-,30-/m1/s1. The molecule has 38 heavy (non-hydrogen) atoms. The molecular weight excluding hydrogens is 494 g/mol. The molecule has 0 aliphatic heterocycles. The largest absolute Gasteiger partial charge is 0.294 e. The quantitative estimate of drug-likeness (QED) is 0.184. The number of ketones is 2. The minimum absolute atomic E-state index is 0.0303. The molecule has 0 amide bonds. The van der Waals surface area contributed by atoms with Crippen LogP contribution in [0.5, 0.6) is 0 Å². The summed E-state index contributed by atoms with van der Waals surface area (Å²) in [7, 11) is -4.01. The average Bonchev–Trinajstić information content (AvgIpc) is 2.95. The number of carbonyl (C=O) groups excluding carboxylic acids is 2. The van der Waals surface area contributed by atoms with Crippen LogP contribution in [0, 0.1) is 12.8 Å². The second kappa shape index (κ2) is 11.9. The van der Waals surface area contributed by atoms with Gasteiger partial charge in [0.1, 0.15) is 0 Å². The van der Waals surface area contributed by atoms with E-state index in [4.69, 9.17) is 0 Å². The number of rotatable bonds is 11. The molecule has 2 atom stereocenters. The molecule has 0 fully saturated rings. The molecule has 4 rings (SSSR count). The van der Waals surface area contributed by atoms with Crippen molar-refractivity contribution in [2.45, 2.75) is 24.3 Å². The number of allylic oxidation sites excluding steroid dienone is 1. The van der Waals surface area contributed by atoms with Crippen LogP contribution in [0.1, 0.15) is 44.3 Å². The Morgan fingerprint density at radius 3 is 1.79 bits per heavy atom. The maximum atomic E-state index is 13.9. The van der Waals surface area contributed by atoms with Crippen LogP contribution < -0.4 is 4.72 Å². The van der Waals surface area contributed by atoms with Crippen LogP contribution in [0.3, 0.4) is 0 Å². The highest BCUT2D eigenvalue weighted by molar-refractivity contribution is 7.89. The summed E-state index contributed by atoms with van der Waals surface area (Å²) >= 11 is 0. The number of carbonyl (C=O) groups is 2. The summed E-state index contributed by atoms with van der Waals surface area (Å²) in [5.74, 6) is -1.50. The van der Waals surface area contributed by atoms with Gasteiger partial charge in [0.05, 0.1) is 10.9 Å². The predicted octanol–water partition coefficient (Wildman–Crippen LogP) is 6.34.